The molecule has 0 saturated carbocycles. The Labute approximate surface area is 117 Å². The van der Waals surface area contributed by atoms with E-state index in [0.717, 1.165) is 23.7 Å². The van der Waals surface area contributed by atoms with E-state index in [4.69, 9.17) is 0 Å². The van der Waals surface area contributed by atoms with Gasteiger partial charge in [0.2, 0.25) is 0 Å². The van der Waals surface area contributed by atoms with E-state index in [9.17, 15) is 8.78 Å². The number of nitrogens with one attached hydrogen (secondary N) is 1. The molecule has 20 heavy (non-hydrogen) atoms. The standard InChI is InChI=1S/C17H17F2N/c1-17(2)10-20-9-14-12(4-3-5-15(14)17)13-7-6-11(18)8-16(13)19/h3-8,20H,9-10H2,1-2H3. The van der Waals surface area contributed by atoms with Gasteiger partial charge in [0.1, 0.15) is 11.6 Å². The Morgan fingerprint density at radius 3 is 2.60 bits per heavy atom. The number of rotatable bonds is 1. The molecule has 0 radical (unpaired) electrons. The molecule has 1 N–H and O–H groups in total. The van der Waals surface area contributed by atoms with Crippen LogP contribution in [-0.2, 0) is 12.0 Å². The third kappa shape index (κ3) is 2.12. The van der Waals surface area contributed by atoms with E-state index in [1.807, 2.05) is 12.1 Å². The lowest BCUT2D eigenvalue weighted by molar-refractivity contribution is 0.435. The summed E-state index contributed by atoms with van der Waals surface area (Å²) in [7, 11) is 0. The van der Waals surface area contributed by atoms with Gasteiger partial charge in [-0.3, -0.25) is 0 Å². The van der Waals surface area contributed by atoms with Gasteiger partial charge in [-0.25, -0.2) is 8.78 Å². The van der Waals surface area contributed by atoms with Crippen molar-refractivity contribution in [2.75, 3.05) is 6.54 Å². The first-order valence-corrected chi connectivity index (χ1v) is 6.77. The second-order valence-electron chi connectivity index (χ2n) is 5.94. The maximum atomic E-state index is 14.0. The van der Waals surface area contributed by atoms with Gasteiger partial charge in [0.05, 0.1) is 0 Å². The van der Waals surface area contributed by atoms with E-state index < -0.39 is 11.6 Å². The van der Waals surface area contributed by atoms with E-state index in [2.05, 4.69) is 25.2 Å². The fourth-order valence-electron chi connectivity index (χ4n) is 2.97. The average molecular weight is 273 g/mol. The third-order valence-electron chi connectivity index (χ3n) is 4.00. The quantitative estimate of drug-likeness (QED) is 0.827. The summed E-state index contributed by atoms with van der Waals surface area (Å²) in [5, 5.41) is 3.38. The molecule has 0 amide bonds. The molecule has 0 atom stereocenters. The first-order chi connectivity index (χ1) is 9.49. The van der Waals surface area contributed by atoms with Crippen molar-refractivity contribution >= 4 is 0 Å². The van der Waals surface area contributed by atoms with Gasteiger partial charge in [-0.15, -0.1) is 0 Å². The second kappa shape index (κ2) is 4.67. The highest BCUT2D eigenvalue weighted by Gasteiger charge is 2.28. The Morgan fingerprint density at radius 1 is 1.05 bits per heavy atom. The zero-order valence-corrected chi connectivity index (χ0v) is 11.6. The highest BCUT2D eigenvalue weighted by atomic mass is 19.1. The van der Waals surface area contributed by atoms with Crippen molar-refractivity contribution in [2.45, 2.75) is 25.8 Å². The van der Waals surface area contributed by atoms with Crippen LogP contribution in [0.5, 0.6) is 0 Å². The molecule has 2 aromatic rings. The van der Waals surface area contributed by atoms with Crippen LogP contribution in [0.4, 0.5) is 8.78 Å². The molecule has 0 saturated heterocycles. The Bertz CT molecular complexity index is 662. The van der Waals surface area contributed by atoms with E-state index in [1.165, 1.54) is 17.7 Å². The summed E-state index contributed by atoms with van der Waals surface area (Å²) in [6, 6.07) is 9.71. The fourth-order valence-corrected chi connectivity index (χ4v) is 2.97. The average Bonchev–Trinajstić information content (AvgIpc) is 2.38. The Morgan fingerprint density at radius 2 is 1.85 bits per heavy atom. The largest absolute Gasteiger partial charge is 0.312 e. The minimum absolute atomic E-state index is 0.0140. The zero-order chi connectivity index (χ0) is 14.3. The van der Waals surface area contributed by atoms with Crippen LogP contribution in [0.15, 0.2) is 36.4 Å². The van der Waals surface area contributed by atoms with Gasteiger partial charge in [0, 0.05) is 30.1 Å². The van der Waals surface area contributed by atoms with Gasteiger partial charge in [0.15, 0.2) is 0 Å². The topological polar surface area (TPSA) is 12.0 Å². The van der Waals surface area contributed by atoms with Gasteiger partial charge >= 0.3 is 0 Å². The molecule has 0 spiro atoms. The van der Waals surface area contributed by atoms with E-state index in [-0.39, 0.29) is 5.41 Å². The summed E-state index contributed by atoms with van der Waals surface area (Å²) >= 11 is 0. The molecule has 0 unspecified atom stereocenters. The first kappa shape index (κ1) is 13.3. The minimum atomic E-state index is -0.547. The van der Waals surface area contributed by atoms with Crippen LogP contribution in [0.1, 0.15) is 25.0 Å². The maximum Gasteiger partial charge on any atom is 0.133 e. The van der Waals surface area contributed by atoms with Crippen molar-refractivity contribution in [3.05, 3.63) is 59.2 Å². The Balaban J connectivity index is 2.21. The molecular weight excluding hydrogens is 256 g/mol. The van der Waals surface area contributed by atoms with Crippen LogP contribution in [0, 0.1) is 11.6 Å². The fraction of sp³-hybridized carbons (Fsp3) is 0.294. The normalized spacial score (nSPS) is 16.8. The summed E-state index contributed by atoms with van der Waals surface area (Å²) in [6.07, 6.45) is 0. The smallest absolute Gasteiger partial charge is 0.133 e. The number of hydrogen-bond donors (Lipinski definition) is 1. The van der Waals surface area contributed by atoms with Crippen molar-refractivity contribution in [1.82, 2.24) is 5.32 Å². The van der Waals surface area contributed by atoms with Crippen molar-refractivity contribution in [1.29, 1.82) is 0 Å². The second-order valence-corrected chi connectivity index (χ2v) is 5.94. The van der Waals surface area contributed by atoms with Crippen molar-refractivity contribution < 1.29 is 8.78 Å². The molecule has 1 nitrogen and oxygen atoms in total. The molecule has 2 aromatic carbocycles. The van der Waals surface area contributed by atoms with Crippen LogP contribution in [0.25, 0.3) is 11.1 Å². The van der Waals surface area contributed by atoms with Crippen LogP contribution in [0.2, 0.25) is 0 Å². The molecule has 0 aromatic heterocycles. The van der Waals surface area contributed by atoms with Gasteiger partial charge in [-0.2, -0.15) is 0 Å². The minimum Gasteiger partial charge on any atom is -0.312 e. The Kier molecular flexibility index (Phi) is 3.09. The van der Waals surface area contributed by atoms with Gasteiger partial charge < -0.3 is 5.32 Å². The maximum absolute atomic E-state index is 14.0. The lowest BCUT2D eigenvalue weighted by Crippen LogP contribution is -2.38. The van der Waals surface area contributed by atoms with Crippen molar-refractivity contribution in [2.24, 2.45) is 0 Å². The molecular formula is C17H17F2N. The lowest BCUT2D eigenvalue weighted by atomic mass is 9.77. The van der Waals surface area contributed by atoms with E-state index in [0.29, 0.717) is 12.1 Å². The van der Waals surface area contributed by atoms with Crippen LogP contribution in [-0.4, -0.2) is 6.54 Å². The SMILES string of the molecule is CC1(C)CNCc2c(-c3ccc(F)cc3F)cccc21. The molecule has 104 valence electrons. The van der Waals surface area contributed by atoms with Crippen LogP contribution in [0.3, 0.4) is 0 Å². The van der Waals surface area contributed by atoms with Crippen molar-refractivity contribution in [3.8, 4) is 11.1 Å². The third-order valence-corrected chi connectivity index (χ3v) is 4.00. The summed E-state index contributed by atoms with van der Waals surface area (Å²) in [5.41, 5.74) is 3.66. The summed E-state index contributed by atoms with van der Waals surface area (Å²) in [6.45, 7) is 5.95. The molecule has 1 aliphatic heterocycles. The highest BCUT2D eigenvalue weighted by molar-refractivity contribution is 5.70. The summed E-state index contributed by atoms with van der Waals surface area (Å²) < 4.78 is 27.1. The van der Waals surface area contributed by atoms with Crippen LogP contribution >= 0.6 is 0 Å². The number of halogens is 2. The first-order valence-electron chi connectivity index (χ1n) is 6.77. The summed E-state index contributed by atoms with van der Waals surface area (Å²) in [4.78, 5) is 0. The van der Waals surface area contributed by atoms with E-state index >= 15 is 0 Å². The molecule has 0 bridgehead atoms. The molecule has 3 heteroatoms. The predicted molar refractivity (Wildman–Crippen MR) is 76.5 cm³/mol. The molecule has 0 fully saturated rings. The van der Waals surface area contributed by atoms with Gasteiger partial charge in [0.25, 0.3) is 0 Å². The van der Waals surface area contributed by atoms with Gasteiger partial charge in [-0.05, 0) is 28.8 Å². The van der Waals surface area contributed by atoms with Crippen molar-refractivity contribution in [3.63, 3.8) is 0 Å². The predicted octanol–water partition coefficient (Wildman–Crippen LogP) is 4.01. The number of benzene rings is 2. The van der Waals surface area contributed by atoms with E-state index in [1.54, 1.807) is 0 Å². The molecule has 1 aliphatic rings. The summed E-state index contributed by atoms with van der Waals surface area (Å²) in [5.74, 6) is -1.06. The number of hydrogen-bond acceptors (Lipinski definition) is 1. The Hall–Kier alpha value is -1.74. The number of fused-ring (bicyclic) bond motifs is 1. The van der Waals surface area contributed by atoms with Crippen LogP contribution < -0.4 is 5.32 Å². The highest BCUT2D eigenvalue weighted by Crippen LogP contribution is 2.36. The molecule has 0 aliphatic carbocycles. The molecule has 3 rings (SSSR count). The zero-order valence-electron chi connectivity index (χ0n) is 11.6. The van der Waals surface area contributed by atoms with Gasteiger partial charge in [-0.1, -0.05) is 32.0 Å². The molecule has 1 heterocycles. The monoisotopic (exact) mass is 273 g/mol. The lowest BCUT2D eigenvalue weighted by Gasteiger charge is -2.34.